The summed E-state index contributed by atoms with van der Waals surface area (Å²) in [5.74, 6) is 0. The second-order valence-electron chi connectivity index (χ2n) is 2.29. The molecule has 0 aromatic carbocycles. The van der Waals surface area contributed by atoms with Crippen molar-refractivity contribution >= 4 is 6.09 Å². The van der Waals surface area contributed by atoms with E-state index in [-0.39, 0.29) is 0 Å². The summed E-state index contributed by atoms with van der Waals surface area (Å²) in [5, 5.41) is 2.56. The Labute approximate surface area is 67.4 Å². The molecule has 3 heteroatoms. The maximum atomic E-state index is 10.6. The zero-order valence-electron chi connectivity index (χ0n) is 7.31. The van der Waals surface area contributed by atoms with Crippen LogP contribution in [0.25, 0.3) is 0 Å². The molecule has 0 aromatic rings. The Morgan fingerprint density at radius 1 is 1.64 bits per heavy atom. The van der Waals surface area contributed by atoms with Gasteiger partial charge in [0.1, 0.15) is 0 Å². The number of carbonyl (C=O) groups is 1. The number of nitrogens with one attached hydrogen (secondary N) is 1. The average molecular weight is 157 g/mol. The fourth-order valence-electron chi connectivity index (χ4n) is 0.624. The SMILES string of the molecule is CCC/C=C(\C)NC(=O)OC. The number of alkyl carbamates (subject to hydrolysis) is 1. The quantitative estimate of drug-likeness (QED) is 0.680. The van der Waals surface area contributed by atoms with E-state index in [9.17, 15) is 4.79 Å². The van der Waals surface area contributed by atoms with Crippen molar-refractivity contribution in [3.05, 3.63) is 11.8 Å². The van der Waals surface area contributed by atoms with Crippen LogP contribution in [0.15, 0.2) is 11.8 Å². The number of carbonyl (C=O) groups excluding carboxylic acids is 1. The third kappa shape index (κ3) is 5.45. The largest absolute Gasteiger partial charge is 0.453 e. The van der Waals surface area contributed by atoms with Gasteiger partial charge >= 0.3 is 6.09 Å². The van der Waals surface area contributed by atoms with Gasteiger partial charge in [0.05, 0.1) is 7.11 Å². The number of rotatable bonds is 3. The molecule has 1 N–H and O–H groups in total. The molecule has 0 radical (unpaired) electrons. The predicted molar refractivity (Wildman–Crippen MR) is 44.2 cm³/mol. The van der Waals surface area contributed by atoms with Crippen molar-refractivity contribution in [3.63, 3.8) is 0 Å². The van der Waals surface area contributed by atoms with Gasteiger partial charge in [0.2, 0.25) is 0 Å². The zero-order chi connectivity index (χ0) is 8.69. The molecule has 0 bridgehead atoms. The highest BCUT2D eigenvalue weighted by Crippen LogP contribution is 1.94. The van der Waals surface area contributed by atoms with E-state index >= 15 is 0 Å². The molecule has 64 valence electrons. The van der Waals surface area contributed by atoms with Crippen LogP contribution in [0.2, 0.25) is 0 Å². The Morgan fingerprint density at radius 2 is 2.27 bits per heavy atom. The van der Waals surface area contributed by atoms with Gasteiger partial charge in [-0.3, -0.25) is 5.32 Å². The lowest BCUT2D eigenvalue weighted by Crippen LogP contribution is -2.20. The molecular weight excluding hydrogens is 142 g/mol. The molecule has 0 saturated carbocycles. The van der Waals surface area contributed by atoms with Crippen molar-refractivity contribution in [2.24, 2.45) is 0 Å². The average Bonchev–Trinajstić information content (AvgIpc) is 2.00. The van der Waals surface area contributed by atoms with Crippen LogP contribution < -0.4 is 5.32 Å². The lowest BCUT2D eigenvalue weighted by atomic mass is 10.3. The maximum absolute atomic E-state index is 10.6. The number of methoxy groups -OCH3 is 1. The summed E-state index contributed by atoms with van der Waals surface area (Å²) in [5.41, 5.74) is 0.846. The monoisotopic (exact) mass is 157 g/mol. The van der Waals surface area contributed by atoms with Crippen molar-refractivity contribution in [1.82, 2.24) is 5.32 Å². The van der Waals surface area contributed by atoms with E-state index < -0.39 is 6.09 Å². The van der Waals surface area contributed by atoms with Gasteiger partial charge in [-0.15, -0.1) is 0 Å². The first-order valence-electron chi connectivity index (χ1n) is 3.72. The molecule has 3 nitrogen and oxygen atoms in total. The Morgan fingerprint density at radius 3 is 2.73 bits per heavy atom. The number of hydrogen-bond donors (Lipinski definition) is 1. The fraction of sp³-hybridized carbons (Fsp3) is 0.625. The molecule has 0 unspecified atom stereocenters. The molecule has 0 aromatic heterocycles. The maximum Gasteiger partial charge on any atom is 0.411 e. The summed E-state index contributed by atoms with van der Waals surface area (Å²) in [6.07, 6.45) is 3.63. The van der Waals surface area contributed by atoms with Crippen molar-refractivity contribution in [2.75, 3.05) is 7.11 Å². The minimum Gasteiger partial charge on any atom is -0.453 e. The lowest BCUT2D eigenvalue weighted by Gasteiger charge is -2.02. The first kappa shape index (κ1) is 10.0. The molecule has 11 heavy (non-hydrogen) atoms. The van der Waals surface area contributed by atoms with E-state index in [2.05, 4.69) is 17.0 Å². The summed E-state index contributed by atoms with van der Waals surface area (Å²) >= 11 is 0. The first-order valence-corrected chi connectivity index (χ1v) is 3.72. The van der Waals surface area contributed by atoms with Gasteiger partial charge in [0.15, 0.2) is 0 Å². The molecule has 0 spiro atoms. The Balaban J connectivity index is 3.66. The molecule has 0 rings (SSSR count). The Bertz CT molecular complexity index is 152. The first-order chi connectivity index (χ1) is 5.20. The minimum atomic E-state index is -0.408. The van der Waals surface area contributed by atoms with E-state index in [1.54, 1.807) is 0 Å². The van der Waals surface area contributed by atoms with E-state index in [0.29, 0.717) is 0 Å². The standard InChI is InChI=1S/C8H15NO2/c1-4-5-6-7(2)9-8(10)11-3/h6H,4-5H2,1-3H3,(H,9,10)/b7-6+. The normalized spacial score (nSPS) is 11.0. The summed E-state index contributed by atoms with van der Waals surface area (Å²) in [4.78, 5) is 10.6. The van der Waals surface area contributed by atoms with Crippen LogP contribution in [0, 0.1) is 0 Å². The predicted octanol–water partition coefficient (Wildman–Crippen LogP) is 2.05. The summed E-state index contributed by atoms with van der Waals surface area (Å²) in [6, 6.07) is 0. The van der Waals surface area contributed by atoms with E-state index in [4.69, 9.17) is 0 Å². The second kappa shape index (κ2) is 5.77. The third-order valence-corrected chi connectivity index (χ3v) is 1.22. The van der Waals surface area contributed by atoms with E-state index in [0.717, 1.165) is 18.5 Å². The summed E-state index contributed by atoms with van der Waals surface area (Å²) in [7, 11) is 1.35. The molecule has 1 amide bonds. The van der Waals surface area contributed by atoms with E-state index in [1.165, 1.54) is 7.11 Å². The van der Waals surface area contributed by atoms with Gasteiger partial charge < -0.3 is 4.74 Å². The topological polar surface area (TPSA) is 38.3 Å². The summed E-state index contributed by atoms with van der Waals surface area (Å²) < 4.78 is 4.41. The Kier molecular flexibility index (Phi) is 5.25. The molecule has 0 aliphatic heterocycles. The molecule has 0 aliphatic rings. The third-order valence-electron chi connectivity index (χ3n) is 1.22. The zero-order valence-corrected chi connectivity index (χ0v) is 7.31. The number of allylic oxidation sites excluding steroid dienone is 2. The van der Waals surface area contributed by atoms with Crippen LogP contribution in [0.5, 0.6) is 0 Å². The molecule has 0 saturated heterocycles. The Hall–Kier alpha value is -0.990. The van der Waals surface area contributed by atoms with E-state index in [1.807, 2.05) is 13.0 Å². The number of hydrogen-bond acceptors (Lipinski definition) is 2. The van der Waals surface area contributed by atoms with Gasteiger partial charge in [-0.2, -0.15) is 0 Å². The van der Waals surface area contributed by atoms with Crippen molar-refractivity contribution in [2.45, 2.75) is 26.7 Å². The van der Waals surface area contributed by atoms with Crippen LogP contribution in [0.1, 0.15) is 26.7 Å². The number of ether oxygens (including phenoxy) is 1. The van der Waals surface area contributed by atoms with Gasteiger partial charge in [-0.25, -0.2) is 4.79 Å². The van der Waals surface area contributed by atoms with Gasteiger partial charge in [0, 0.05) is 5.70 Å². The van der Waals surface area contributed by atoms with Gasteiger partial charge in [-0.05, 0) is 13.3 Å². The fourth-order valence-corrected chi connectivity index (χ4v) is 0.624. The van der Waals surface area contributed by atoms with Crippen molar-refractivity contribution in [1.29, 1.82) is 0 Å². The molecule has 0 atom stereocenters. The number of amides is 1. The van der Waals surface area contributed by atoms with Crippen molar-refractivity contribution < 1.29 is 9.53 Å². The molecular formula is C8H15NO2. The minimum absolute atomic E-state index is 0.408. The molecule has 0 heterocycles. The van der Waals surface area contributed by atoms with Crippen LogP contribution in [0.3, 0.4) is 0 Å². The number of unbranched alkanes of at least 4 members (excludes halogenated alkanes) is 1. The van der Waals surface area contributed by atoms with Crippen LogP contribution in [0.4, 0.5) is 4.79 Å². The highest BCUT2D eigenvalue weighted by atomic mass is 16.5. The lowest BCUT2D eigenvalue weighted by molar-refractivity contribution is 0.174. The van der Waals surface area contributed by atoms with Crippen molar-refractivity contribution in [3.8, 4) is 0 Å². The second-order valence-corrected chi connectivity index (χ2v) is 2.29. The molecule has 0 fully saturated rings. The smallest absolute Gasteiger partial charge is 0.411 e. The van der Waals surface area contributed by atoms with Gasteiger partial charge in [-0.1, -0.05) is 19.4 Å². The summed E-state index contributed by atoms with van der Waals surface area (Å²) in [6.45, 7) is 3.93. The van der Waals surface area contributed by atoms with Crippen LogP contribution in [-0.2, 0) is 4.74 Å². The highest BCUT2D eigenvalue weighted by Gasteiger charge is 1.96. The van der Waals surface area contributed by atoms with Crippen LogP contribution in [-0.4, -0.2) is 13.2 Å². The molecule has 0 aliphatic carbocycles. The van der Waals surface area contributed by atoms with Crippen LogP contribution >= 0.6 is 0 Å². The van der Waals surface area contributed by atoms with Gasteiger partial charge in [0.25, 0.3) is 0 Å². The highest BCUT2D eigenvalue weighted by molar-refractivity contribution is 5.69.